The molecule has 2 aromatic carbocycles. The van der Waals surface area contributed by atoms with Crippen LogP contribution in [0.2, 0.25) is 0 Å². The third-order valence-corrected chi connectivity index (χ3v) is 6.33. The van der Waals surface area contributed by atoms with E-state index >= 15 is 0 Å². The molecule has 0 N–H and O–H groups in total. The smallest absolute Gasteiger partial charge is 0.236 e. The van der Waals surface area contributed by atoms with Gasteiger partial charge in [0, 0.05) is 19.7 Å². The monoisotopic (exact) mass is 437 g/mol. The van der Waals surface area contributed by atoms with E-state index in [4.69, 9.17) is 4.74 Å². The zero-order valence-electron chi connectivity index (χ0n) is 17.6. The minimum absolute atomic E-state index is 0.0596. The molecule has 7 nitrogen and oxygen atoms in total. The molecule has 0 aliphatic carbocycles. The zero-order chi connectivity index (χ0) is 21.5. The van der Waals surface area contributed by atoms with Crippen molar-refractivity contribution in [3.63, 3.8) is 0 Å². The van der Waals surface area contributed by atoms with Crippen molar-refractivity contribution < 1.29 is 9.53 Å². The summed E-state index contributed by atoms with van der Waals surface area (Å²) in [5, 5.41) is 12.4. The molecular formula is C23H27N5O2S. The van der Waals surface area contributed by atoms with E-state index in [9.17, 15) is 4.79 Å². The summed E-state index contributed by atoms with van der Waals surface area (Å²) in [7, 11) is 0. The Morgan fingerprint density at radius 3 is 2.35 bits per heavy atom. The number of nitrogens with zero attached hydrogens (tertiary/aromatic N) is 5. The molecule has 1 amide bonds. The lowest BCUT2D eigenvalue weighted by Crippen LogP contribution is -2.36. The maximum Gasteiger partial charge on any atom is 0.236 e. The molecule has 2 atom stereocenters. The van der Waals surface area contributed by atoms with Gasteiger partial charge in [0.05, 0.1) is 17.9 Å². The van der Waals surface area contributed by atoms with E-state index in [1.807, 2.05) is 72.5 Å². The fourth-order valence-corrected chi connectivity index (χ4v) is 4.54. The van der Waals surface area contributed by atoms with Crippen LogP contribution in [-0.4, -0.2) is 49.0 Å². The van der Waals surface area contributed by atoms with Crippen LogP contribution in [0, 0.1) is 0 Å². The molecule has 31 heavy (non-hydrogen) atoms. The van der Waals surface area contributed by atoms with Crippen molar-refractivity contribution in [2.45, 2.75) is 55.9 Å². The van der Waals surface area contributed by atoms with Gasteiger partial charge >= 0.3 is 0 Å². The molecule has 3 aromatic rings. The molecule has 0 bridgehead atoms. The van der Waals surface area contributed by atoms with Crippen LogP contribution < -0.4 is 0 Å². The second-order valence-electron chi connectivity index (χ2n) is 7.70. The van der Waals surface area contributed by atoms with E-state index in [1.165, 1.54) is 11.8 Å². The van der Waals surface area contributed by atoms with E-state index in [1.54, 1.807) is 4.68 Å². The normalized spacial score (nSPS) is 16.9. The van der Waals surface area contributed by atoms with E-state index in [0.717, 1.165) is 30.6 Å². The lowest BCUT2D eigenvalue weighted by Gasteiger charge is -2.26. The van der Waals surface area contributed by atoms with Gasteiger partial charge in [-0.2, -0.15) is 0 Å². The zero-order valence-corrected chi connectivity index (χ0v) is 18.4. The number of hydrogen-bond donors (Lipinski definition) is 0. The average molecular weight is 438 g/mol. The van der Waals surface area contributed by atoms with Crippen LogP contribution in [-0.2, 0) is 29.2 Å². The summed E-state index contributed by atoms with van der Waals surface area (Å²) in [5.41, 5.74) is 2.21. The second kappa shape index (κ2) is 10.5. The number of ether oxygens (including phenoxy) is 1. The molecule has 8 heteroatoms. The minimum Gasteiger partial charge on any atom is -0.376 e. The van der Waals surface area contributed by atoms with Crippen molar-refractivity contribution in [3.05, 3.63) is 71.8 Å². The third kappa shape index (κ3) is 5.92. The van der Waals surface area contributed by atoms with Crippen LogP contribution in [0.3, 0.4) is 0 Å². The highest BCUT2D eigenvalue weighted by Crippen LogP contribution is 2.25. The Morgan fingerprint density at radius 2 is 1.77 bits per heavy atom. The van der Waals surface area contributed by atoms with Crippen molar-refractivity contribution in [2.24, 2.45) is 0 Å². The predicted octanol–water partition coefficient (Wildman–Crippen LogP) is 3.56. The summed E-state index contributed by atoms with van der Waals surface area (Å²) >= 11 is 1.40. The molecule has 1 saturated heterocycles. The van der Waals surface area contributed by atoms with Crippen molar-refractivity contribution >= 4 is 17.7 Å². The quantitative estimate of drug-likeness (QED) is 0.477. The molecule has 1 aliphatic heterocycles. The van der Waals surface area contributed by atoms with Crippen LogP contribution in [0.25, 0.3) is 0 Å². The number of carbonyl (C=O) groups excluding carboxylic acids is 1. The first-order valence-corrected chi connectivity index (χ1v) is 11.5. The van der Waals surface area contributed by atoms with Crippen LogP contribution in [0.1, 0.15) is 30.9 Å². The lowest BCUT2D eigenvalue weighted by atomic mass is 10.1. The van der Waals surface area contributed by atoms with Crippen molar-refractivity contribution in [1.82, 2.24) is 25.1 Å². The summed E-state index contributed by atoms with van der Waals surface area (Å²) in [4.78, 5) is 15.3. The highest BCUT2D eigenvalue weighted by Gasteiger charge is 2.25. The molecule has 1 aromatic heterocycles. The van der Waals surface area contributed by atoms with Crippen molar-refractivity contribution in [2.75, 3.05) is 6.61 Å². The van der Waals surface area contributed by atoms with Crippen LogP contribution in [0.5, 0.6) is 0 Å². The third-order valence-electron chi connectivity index (χ3n) is 5.27. The first kappa shape index (κ1) is 21.5. The summed E-state index contributed by atoms with van der Waals surface area (Å²) in [6.07, 6.45) is 2.22. The molecule has 2 heterocycles. The molecule has 162 valence electrons. The summed E-state index contributed by atoms with van der Waals surface area (Å²) in [6, 6.07) is 20.1. The number of carbonyl (C=O) groups is 1. The van der Waals surface area contributed by atoms with Gasteiger partial charge in [0.25, 0.3) is 0 Å². The number of hydrogen-bond acceptors (Lipinski definition) is 6. The Kier molecular flexibility index (Phi) is 7.32. The van der Waals surface area contributed by atoms with Gasteiger partial charge < -0.3 is 9.64 Å². The number of amides is 1. The van der Waals surface area contributed by atoms with Crippen LogP contribution in [0.4, 0.5) is 0 Å². The maximum atomic E-state index is 13.4. The maximum absolute atomic E-state index is 13.4. The molecular weight excluding hydrogens is 410 g/mol. The molecule has 0 saturated carbocycles. The van der Waals surface area contributed by atoms with Gasteiger partial charge in [-0.05, 0) is 41.3 Å². The first-order valence-electron chi connectivity index (χ1n) is 10.6. The molecule has 1 fully saturated rings. The molecule has 2 unspecified atom stereocenters. The largest absolute Gasteiger partial charge is 0.376 e. The highest BCUT2D eigenvalue weighted by molar-refractivity contribution is 8.00. The van der Waals surface area contributed by atoms with Gasteiger partial charge in [0.2, 0.25) is 11.1 Å². The second-order valence-corrected chi connectivity index (χ2v) is 9.01. The Labute approximate surface area is 186 Å². The number of aromatic nitrogens is 4. The number of rotatable bonds is 9. The van der Waals surface area contributed by atoms with Gasteiger partial charge in [-0.3, -0.25) is 4.79 Å². The molecule has 4 rings (SSSR count). The van der Waals surface area contributed by atoms with Gasteiger partial charge in [0.1, 0.15) is 0 Å². The van der Waals surface area contributed by atoms with Gasteiger partial charge in [0.15, 0.2) is 0 Å². The number of benzene rings is 2. The number of thioether (sulfide) groups is 1. The Bertz CT molecular complexity index is 919. The Hall–Kier alpha value is -2.71. The fourth-order valence-electron chi connectivity index (χ4n) is 3.66. The van der Waals surface area contributed by atoms with Gasteiger partial charge in [-0.1, -0.05) is 72.4 Å². The van der Waals surface area contributed by atoms with E-state index in [2.05, 4.69) is 15.5 Å². The van der Waals surface area contributed by atoms with E-state index in [0.29, 0.717) is 24.8 Å². The van der Waals surface area contributed by atoms with Crippen LogP contribution >= 0.6 is 11.8 Å². The fraction of sp³-hybridized carbons (Fsp3) is 0.391. The van der Waals surface area contributed by atoms with Crippen LogP contribution in [0.15, 0.2) is 65.8 Å². The minimum atomic E-state index is -0.318. The topological polar surface area (TPSA) is 73.1 Å². The SMILES string of the molecule is CC(Sc1nnnn1CC1CCCO1)C(=O)N(Cc1ccccc1)Cc1ccccc1. The predicted molar refractivity (Wildman–Crippen MR) is 119 cm³/mol. The first-order chi connectivity index (χ1) is 15.2. The van der Waals surface area contributed by atoms with Gasteiger partial charge in [-0.25, -0.2) is 4.68 Å². The molecule has 0 spiro atoms. The Morgan fingerprint density at radius 1 is 1.13 bits per heavy atom. The van der Waals surface area contributed by atoms with E-state index in [-0.39, 0.29) is 17.3 Å². The van der Waals surface area contributed by atoms with Crippen molar-refractivity contribution in [1.29, 1.82) is 0 Å². The standard InChI is InChI=1S/C23H27N5O2S/c1-18(31-23-24-25-26-28(23)17-21-13-8-14-30-21)22(29)27(15-19-9-4-2-5-10-19)16-20-11-6-3-7-12-20/h2-7,9-12,18,21H,8,13-17H2,1H3. The summed E-state index contributed by atoms with van der Waals surface area (Å²) < 4.78 is 7.46. The number of tetrazole rings is 1. The highest BCUT2D eigenvalue weighted by atomic mass is 32.2. The lowest BCUT2D eigenvalue weighted by molar-refractivity contribution is -0.131. The van der Waals surface area contributed by atoms with Crippen molar-refractivity contribution in [3.8, 4) is 0 Å². The molecule has 0 radical (unpaired) electrons. The molecule has 1 aliphatic rings. The Balaban J connectivity index is 1.46. The van der Waals surface area contributed by atoms with E-state index < -0.39 is 0 Å². The average Bonchev–Trinajstić information content (AvgIpc) is 3.47. The van der Waals surface area contributed by atoms with Gasteiger partial charge in [-0.15, -0.1) is 5.10 Å². The summed E-state index contributed by atoms with van der Waals surface area (Å²) in [6.45, 7) is 4.44. The summed E-state index contributed by atoms with van der Waals surface area (Å²) in [5.74, 6) is 0.0596.